The van der Waals surface area contributed by atoms with E-state index in [1.54, 1.807) is 12.1 Å². The molecule has 5 nitrogen and oxygen atoms in total. The normalized spacial score (nSPS) is 23.6. The van der Waals surface area contributed by atoms with Gasteiger partial charge in [0.15, 0.2) is 5.79 Å². The smallest absolute Gasteiger partial charge is 0.338 e. The Morgan fingerprint density at radius 1 is 0.795 bits per heavy atom. The highest BCUT2D eigenvalue weighted by Gasteiger charge is 2.51. The lowest BCUT2D eigenvalue weighted by Crippen LogP contribution is -2.67. The lowest BCUT2D eigenvalue weighted by Gasteiger charge is -2.45. The fourth-order valence-electron chi connectivity index (χ4n) is 6.13. The van der Waals surface area contributed by atoms with E-state index in [2.05, 4.69) is 81.4 Å². The quantitative estimate of drug-likeness (QED) is 0.263. The van der Waals surface area contributed by atoms with Crippen LogP contribution in [-0.2, 0) is 18.6 Å². The molecule has 206 valence electrons. The molecule has 0 bridgehead atoms. The molecule has 2 aliphatic rings. The predicted molar refractivity (Wildman–Crippen MR) is 156 cm³/mol. The van der Waals surface area contributed by atoms with E-state index in [4.69, 9.17) is 18.6 Å². The Morgan fingerprint density at radius 3 is 1.90 bits per heavy atom. The van der Waals surface area contributed by atoms with Crippen LogP contribution < -0.4 is 10.4 Å². The topological polar surface area (TPSA) is 54.0 Å². The van der Waals surface area contributed by atoms with Crippen LogP contribution in [0.25, 0.3) is 0 Å². The minimum absolute atomic E-state index is 0.0500. The van der Waals surface area contributed by atoms with Gasteiger partial charge in [-0.1, -0.05) is 99.6 Å². The van der Waals surface area contributed by atoms with Gasteiger partial charge in [-0.05, 0) is 46.8 Å². The van der Waals surface area contributed by atoms with Gasteiger partial charge in [-0.15, -0.1) is 0 Å². The molecule has 6 heteroatoms. The molecule has 0 N–H and O–H groups in total. The Balaban J connectivity index is 1.27. The van der Waals surface area contributed by atoms with E-state index in [-0.39, 0.29) is 29.8 Å². The molecule has 39 heavy (non-hydrogen) atoms. The first kappa shape index (κ1) is 27.8. The molecule has 0 unspecified atom stereocenters. The molecule has 5 rings (SSSR count). The average Bonchev–Trinajstić information content (AvgIpc) is 3.34. The third kappa shape index (κ3) is 6.04. The Morgan fingerprint density at radius 2 is 1.33 bits per heavy atom. The van der Waals surface area contributed by atoms with Crippen molar-refractivity contribution in [1.82, 2.24) is 0 Å². The summed E-state index contributed by atoms with van der Waals surface area (Å²) in [5.41, 5.74) is 0.555. The molecule has 3 atom stereocenters. The first-order valence-electron chi connectivity index (χ1n) is 14.1. The molecule has 0 radical (unpaired) electrons. The summed E-state index contributed by atoms with van der Waals surface area (Å²) in [6, 6.07) is 30.5. The van der Waals surface area contributed by atoms with Crippen LogP contribution in [-0.4, -0.2) is 45.5 Å². The van der Waals surface area contributed by atoms with Crippen LogP contribution in [0.1, 0.15) is 63.2 Å². The molecule has 2 saturated heterocycles. The van der Waals surface area contributed by atoms with Gasteiger partial charge in [0.2, 0.25) is 0 Å². The third-order valence-electron chi connectivity index (χ3n) is 8.01. The van der Waals surface area contributed by atoms with Crippen molar-refractivity contribution in [3.05, 3.63) is 96.6 Å². The van der Waals surface area contributed by atoms with Gasteiger partial charge in [0.25, 0.3) is 8.32 Å². The number of carbonyl (C=O) groups is 1. The largest absolute Gasteiger partial charge is 0.459 e. The fourth-order valence-corrected chi connectivity index (χ4v) is 10.7. The van der Waals surface area contributed by atoms with E-state index in [1.807, 2.05) is 18.2 Å². The highest BCUT2D eigenvalue weighted by molar-refractivity contribution is 6.99. The van der Waals surface area contributed by atoms with Gasteiger partial charge in [0, 0.05) is 12.8 Å². The molecule has 0 aromatic heterocycles. The Hall–Kier alpha value is -2.77. The summed E-state index contributed by atoms with van der Waals surface area (Å²) in [6.45, 7) is 7.64. The minimum Gasteiger partial charge on any atom is -0.459 e. The second kappa shape index (κ2) is 11.8. The molecule has 3 aromatic rings. The predicted octanol–water partition coefficient (Wildman–Crippen LogP) is 5.86. The lowest BCUT2D eigenvalue weighted by molar-refractivity contribution is -0.276. The van der Waals surface area contributed by atoms with Crippen LogP contribution in [0.15, 0.2) is 91.0 Å². The van der Waals surface area contributed by atoms with Crippen molar-refractivity contribution in [3.8, 4) is 0 Å². The summed E-state index contributed by atoms with van der Waals surface area (Å²) < 4.78 is 25.8. The van der Waals surface area contributed by atoms with Crippen molar-refractivity contribution < 1.29 is 23.4 Å². The summed E-state index contributed by atoms with van der Waals surface area (Å²) in [5, 5.41) is 2.46. The molecule has 2 aliphatic heterocycles. The van der Waals surface area contributed by atoms with Crippen LogP contribution in [0.5, 0.6) is 0 Å². The zero-order valence-corrected chi connectivity index (χ0v) is 24.3. The SMILES string of the molecule is CC(C)(C)[Si](OC[C@@H]1CCC[C@@]2(CC[C@@H](COC(=O)c3ccccc3)O2)O1)(c1ccccc1)c1ccccc1. The van der Waals surface area contributed by atoms with E-state index in [1.165, 1.54) is 10.4 Å². The van der Waals surface area contributed by atoms with E-state index < -0.39 is 14.1 Å². The molecule has 2 fully saturated rings. The molecule has 0 amide bonds. The van der Waals surface area contributed by atoms with Crippen LogP contribution in [0.4, 0.5) is 0 Å². The van der Waals surface area contributed by atoms with Gasteiger partial charge in [0.1, 0.15) is 6.61 Å². The van der Waals surface area contributed by atoms with Crippen molar-refractivity contribution in [3.63, 3.8) is 0 Å². The van der Waals surface area contributed by atoms with Crippen LogP contribution in [0.3, 0.4) is 0 Å². The summed E-state index contributed by atoms with van der Waals surface area (Å²) in [4.78, 5) is 12.4. The van der Waals surface area contributed by atoms with Crippen molar-refractivity contribution in [2.24, 2.45) is 0 Å². The number of benzene rings is 3. The first-order valence-corrected chi connectivity index (χ1v) is 16.0. The monoisotopic (exact) mass is 544 g/mol. The number of carbonyl (C=O) groups excluding carboxylic acids is 1. The zero-order chi connectivity index (χ0) is 27.3. The summed E-state index contributed by atoms with van der Waals surface area (Å²) in [5.74, 6) is -0.942. The summed E-state index contributed by atoms with van der Waals surface area (Å²) in [6.07, 6.45) is 4.22. The molecule has 1 spiro atoms. The average molecular weight is 545 g/mol. The van der Waals surface area contributed by atoms with Crippen LogP contribution in [0, 0.1) is 0 Å². The van der Waals surface area contributed by atoms with Crippen molar-refractivity contribution in [2.45, 2.75) is 75.9 Å². The van der Waals surface area contributed by atoms with Crippen LogP contribution in [0.2, 0.25) is 5.04 Å². The Bertz CT molecular complexity index is 1170. The van der Waals surface area contributed by atoms with Crippen molar-refractivity contribution in [1.29, 1.82) is 0 Å². The second-order valence-electron chi connectivity index (χ2n) is 11.8. The van der Waals surface area contributed by atoms with Crippen molar-refractivity contribution in [2.75, 3.05) is 13.2 Å². The lowest BCUT2D eigenvalue weighted by atomic mass is 9.99. The molecular weight excluding hydrogens is 504 g/mol. The summed E-state index contributed by atoms with van der Waals surface area (Å²) in [7, 11) is -2.63. The first-order chi connectivity index (χ1) is 18.8. The van der Waals surface area contributed by atoms with Gasteiger partial charge in [-0.3, -0.25) is 0 Å². The Kier molecular flexibility index (Phi) is 8.38. The maximum atomic E-state index is 12.4. The molecular formula is C33H40O5Si. The highest BCUT2D eigenvalue weighted by Crippen LogP contribution is 2.42. The van der Waals surface area contributed by atoms with Crippen molar-refractivity contribution >= 4 is 24.7 Å². The summed E-state index contributed by atoms with van der Waals surface area (Å²) >= 11 is 0. The number of hydrogen-bond acceptors (Lipinski definition) is 5. The van der Waals surface area contributed by atoms with Gasteiger partial charge < -0.3 is 18.6 Å². The number of esters is 1. The van der Waals surface area contributed by atoms with E-state index in [0.29, 0.717) is 12.2 Å². The maximum Gasteiger partial charge on any atom is 0.338 e. The molecule has 2 heterocycles. The highest BCUT2D eigenvalue weighted by atomic mass is 28.4. The standard InChI is InChI=1S/C33H40O5Si/c1-32(2,3)39(29-17-9-5-10-18-29,30-19-11-6-12-20-30)36-25-27-16-13-22-33(37-27)23-21-28(38-33)24-35-31(34)26-14-7-4-8-15-26/h4-12,14-15,17-20,27-28H,13,16,21-25H2,1-3H3/t27-,28-,33+/m0/s1. The van der Waals surface area contributed by atoms with Gasteiger partial charge >= 0.3 is 5.97 Å². The van der Waals surface area contributed by atoms with E-state index in [9.17, 15) is 4.79 Å². The number of hydrogen-bond donors (Lipinski definition) is 0. The fraction of sp³-hybridized carbons (Fsp3) is 0.424. The van der Waals surface area contributed by atoms with E-state index >= 15 is 0 Å². The minimum atomic E-state index is -2.63. The number of ether oxygens (including phenoxy) is 3. The molecule has 3 aromatic carbocycles. The van der Waals surface area contributed by atoms with Gasteiger partial charge in [-0.2, -0.15) is 0 Å². The Labute approximate surface area is 233 Å². The molecule has 0 saturated carbocycles. The van der Waals surface area contributed by atoms with Gasteiger partial charge in [0.05, 0.1) is 24.4 Å². The maximum absolute atomic E-state index is 12.4. The van der Waals surface area contributed by atoms with E-state index in [0.717, 1.165) is 32.1 Å². The van der Waals surface area contributed by atoms with Crippen LogP contribution >= 0.6 is 0 Å². The number of rotatable bonds is 8. The van der Waals surface area contributed by atoms with Gasteiger partial charge in [-0.25, -0.2) is 4.79 Å². The zero-order valence-electron chi connectivity index (χ0n) is 23.3. The molecule has 0 aliphatic carbocycles. The second-order valence-corrected chi connectivity index (χ2v) is 16.1. The third-order valence-corrected chi connectivity index (χ3v) is 13.0.